The molecule has 2 N–H and O–H groups in total. The van der Waals surface area contributed by atoms with Gasteiger partial charge < -0.3 is 19.9 Å². The number of carbonyl (C=O) groups is 1. The van der Waals surface area contributed by atoms with Gasteiger partial charge in [-0.05, 0) is 54.9 Å². The van der Waals surface area contributed by atoms with Crippen LogP contribution in [0.3, 0.4) is 0 Å². The van der Waals surface area contributed by atoms with Crippen LogP contribution in [0.25, 0.3) is 6.08 Å². The van der Waals surface area contributed by atoms with Gasteiger partial charge in [0.05, 0.1) is 6.61 Å². The fourth-order valence-corrected chi connectivity index (χ4v) is 4.45. The summed E-state index contributed by atoms with van der Waals surface area (Å²) in [5, 5.41) is 0. The summed E-state index contributed by atoms with van der Waals surface area (Å²) in [5.74, 6) is 0.397. The highest BCUT2D eigenvalue weighted by Gasteiger charge is 2.37. The van der Waals surface area contributed by atoms with Crippen molar-refractivity contribution in [3.63, 3.8) is 0 Å². The van der Waals surface area contributed by atoms with Gasteiger partial charge in [-0.1, -0.05) is 43.3 Å². The van der Waals surface area contributed by atoms with Crippen LogP contribution in [0.4, 0.5) is 0 Å². The Bertz CT molecular complexity index is 870. The predicted octanol–water partition coefficient (Wildman–Crippen LogP) is 3.78. The van der Waals surface area contributed by atoms with E-state index in [-0.39, 0.29) is 11.8 Å². The lowest BCUT2D eigenvalue weighted by Crippen LogP contribution is -2.43. The number of hydrogen-bond acceptors (Lipinski definition) is 3. The highest BCUT2D eigenvalue weighted by Crippen LogP contribution is 2.34. The van der Waals surface area contributed by atoms with E-state index in [1.54, 1.807) is 0 Å². The molecule has 0 radical (unpaired) electrons. The van der Waals surface area contributed by atoms with Crippen molar-refractivity contribution in [3.05, 3.63) is 65.5 Å². The number of rotatable bonds is 7. The lowest BCUT2D eigenvalue weighted by molar-refractivity contribution is -0.144. The van der Waals surface area contributed by atoms with Crippen LogP contribution in [0.5, 0.6) is 0 Å². The minimum atomic E-state index is -0.420. The van der Waals surface area contributed by atoms with Crippen molar-refractivity contribution in [2.75, 3.05) is 19.7 Å². The van der Waals surface area contributed by atoms with Gasteiger partial charge in [-0.15, -0.1) is 0 Å². The molecule has 1 saturated carbocycles. The standard InChI is InChI=1S/C25H33N3O2/c1-2-20-17-24(30-16-13-26)25(29)28(21-10-11-21)14-6-9-23-22(20)12-15-27(23)18-19-7-4-3-5-8-19/h3-9,12,15,20-21,24H,2,10-11,13-14,16-18,26H2,1H3/b9-6+/t20?,24-/m1/s1. The number of aromatic nitrogens is 1. The zero-order chi connectivity index (χ0) is 20.9. The van der Waals surface area contributed by atoms with Gasteiger partial charge in [0.2, 0.25) is 0 Å². The fraction of sp³-hybridized carbons (Fsp3) is 0.480. The van der Waals surface area contributed by atoms with Crippen molar-refractivity contribution in [1.29, 1.82) is 0 Å². The molecule has 1 amide bonds. The molecule has 0 saturated heterocycles. The summed E-state index contributed by atoms with van der Waals surface area (Å²) < 4.78 is 8.31. The molecule has 2 aromatic rings. The summed E-state index contributed by atoms with van der Waals surface area (Å²) in [4.78, 5) is 15.3. The van der Waals surface area contributed by atoms with Crippen LogP contribution in [0, 0.1) is 0 Å². The molecule has 0 bridgehead atoms. The third-order valence-corrected chi connectivity index (χ3v) is 6.23. The van der Waals surface area contributed by atoms with Crippen LogP contribution in [-0.4, -0.2) is 47.2 Å². The molecular formula is C25H33N3O2. The highest BCUT2D eigenvalue weighted by molar-refractivity contribution is 5.82. The van der Waals surface area contributed by atoms with Crippen LogP contribution in [0.15, 0.2) is 48.7 Å². The molecule has 1 fully saturated rings. The summed E-state index contributed by atoms with van der Waals surface area (Å²) in [6, 6.07) is 13.1. The predicted molar refractivity (Wildman–Crippen MR) is 120 cm³/mol. The average Bonchev–Trinajstić information content (AvgIpc) is 3.54. The zero-order valence-corrected chi connectivity index (χ0v) is 17.9. The van der Waals surface area contributed by atoms with E-state index >= 15 is 0 Å². The molecule has 1 aromatic heterocycles. The molecule has 1 aliphatic carbocycles. The molecule has 1 aromatic carbocycles. The van der Waals surface area contributed by atoms with Gasteiger partial charge in [0.1, 0.15) is 6.10 Å². The second-order valence-corrected chi connectivity index (χ2v) is 8.38. The minimum Gasteiger partial charge on any atom is -0.367 e. The topological polar surface area (TPSA) is 60.5 Å². The molecule has 30 heavy (non-hydrogen) atoms. The Morgan fingerprint density at radius 3 is 2.67 bits per heavy atom. The normalized spacial score (nSPS) is 23.3. The second kappa shape index (κ2) is 9.63. The largest absolute Gasteiger partial charge is 0.367 e. The Hall–Kier alpha value is -2.37. The van der Waals surface area contributed by atoms with Gasteiger partial charge in [-0.2, -0.15) is 0 Å². The van der Waals surface area contributed by atoms with Crippen LogP contribution in [0.2, 0.25) is 0 Å². The van der Waals surface area contributed by atoms with Crippen molar-refractivity contribution < 1.29 is 9.53 Å². The number of amides is 1. The Morgan fingerprint density at radius 2 is 1.97 bits per heavy atom. The van der Waals surface area contributed by atoms with Crippen LogP contribution < -0.4 is 5.73 Å². The van der Waals surface area contributed by atoms with Crippen LogP contribution in [0.1, 0.15) is 55.3 Å². The first-order chi connectivity index (χ1) is 14.7. The Labute approximate surface area is 179 Å². The number of ether oxygens (including phenoxy) is 1. The van der Waals surface area contributed by atoms with Crippen LogP contribution in [-0.2, 0) is 16.1 Å². The molecular weight excluding hydrogens is 374 g/mol. The third-order valence-electron chi connectivity index (χ3n) is 6.23. The maximum Gasteiger partial charge on any atom is 0.252 e. The summed E-state index contributed by atoms with van der Waals surface area (Å²) in [6.07, 6.45) is 9.98. The summed E-state index contributed by atoms with van der Waals surface area (Å²) in [7, 11) is 0. The molecule has 1 aliphatic heterocycles. The van der Waals surface area contributed by atoms with Gasteiger partial charge >= 0.3 is 0 Å². The second-order valence-electron chi connectivity index (χ2n) is 8.38. The lowest BCUT2D eigenvalue weighted by atomic mass is 9.89. The van der Waals surface area contributed by atoms with Gasteiger partial charge in [0, 0.05) is 37.6 Å². The van der Waals surface area contributed by atoms with E-state index < -0.39 is 6.10 Å². The molecule has 1 unspecified atom stereocenters. The number of fused-ring (bicyclic) bond motifs is 1. The van der Waals surface area contributed by atoms with E-state index in [0.717, 1.165) is 25.8 Å². The quantitative estimate of drug-likeness (QED) is 0.760. The van der Waals surface area contributed by atoms with E-state index in [4.69, 9.17) is 10.5 Å². The number of carbonyl (C=O) groups excluding carboxylic acids is 1. The first-order valence-corrected chi connectivity index (χ1v) is 11.2. The maximum absolute atomic E-state index is 13.3. The van der Waals surface area contributed by atoms with Gasteiger partial charge in [0.25, 0.3) is 5.91 Å². The first-order valence-electron chi connectivity index (χ1n) is 11.2. The van der Waals surface area contributed by atoms with Crippen molar-refractivity contribution >= 4 is 12.0 Å². The van der Waals surface area contributed by atoms with Crippen molar-refractivity contribution in [2.45, 2.75) is 57.2 Å². The fourth-order valence-electron chi connectivity index (χ4n) is 4.45. The van der Waals surface area contributed by atoms with E-state index in [0.29, 0.717) is 32.2 Å². The van der Waals surface area contributed by atoms with E-state index in [9.17, 15) is 4.79 Å². The average molecular weight is 408 g/mol. The number of nitrogens with two attached hydrogens (primary N) is 1. The molecule has 2 heterocycles. The smallest absolute Gasteiger partial charge is 0.252 e. The number of hydrogen-bond donors (Lipinski definition) is 1. The lowest BCUT2D eigenvalue weighted by Gasteiger charge is -2.30. The van der Waals surface area contributed by atoms with Crippen molar-refractivity contribution in [2.24, 2.45) is 5.73 Å². The van der Waals surface area contributed by atoms with Crippen molar-refractivity contribution in [1.82, 2.24) is 9.47 Å². The van der Waals surface area contributed by atoms with E-state index in [1.807, 2.05) is 4.90 Å². The molecule has 160 valence electrons. The maximum atomic E-state index is 13.3. The first kappa shape index (κ1) is 20.9. The third kappa shape index (κ3) is 4.68. The number of benzene rings is 1. The van der Waals surface area contributed by atoms with Crippen LogP contribution >= 0.6 is 0 Å². The minimum absolute atomic E-state index is 0.126. The van der Waals surface area contributed by atoms with E-state index in [2.05, 4.69) is 66.2 Å². The molecule has 5 heteroatoms. The SMILES string of the molecule is CCC1C[C@@H](OCCN)C(=O)N(C2CC2)C/C=C/c2c1ccn2Cc1ccccc1. The summed E-state index contributed by atoms with van der Waals surface area (Å²) in [6.45, 7) is 4.53. The molecule has 4 rings (SSSR count). The van der Waals surface area contributed by atoms with E-state index in [1.165, 1.54) is 16.8 Å². The Balaban J connectivity index is 1.67. The summed E-state index contributed by atoms with van der Waals surface area (Å²) in [5.41, 5.74) is 9.51. The molecule has 2 atom stereocenters. The molecule has 0 spiro atoms. The summed E-state index contributed by atoms with van der Waals surface area (Å²) >= 11 is 0. The monoisotopic (exact) mass is 407 g/mol. The number of nitrogens with zero attached hydrogens (tertiary/aromatic N) is 2. The molecule has 2 aliphatic rings. The Kier molecular flexibility index (Phi) is 6.70. The molecule has 5 nitrogen and oxygen atoms in total. The van der Waals surface area contributed by atoms with Gasteiger partial charge in [-0.25, -0.2) is 0 Å². The Morgan fingerprint density at radius 1 is 1.17 bits per heavy atom. The highest BCUT2D eigenvalue weighted by atomic mass is 16.5. The van der Waals surface area contributed by atoms with Crippen molar-refractivity contribution in [3.8, 4) is 0 Å². The van der Waals surface area contributed by atoms with Gasteiger partial charge in [0.15, 0.2) is 0 Å². The zero-order valence-electron chi connectivity index (χ0n) is 17.9. The van der Waals surface area contributed by atoms with Gasteiger partial charge in [-0.3, -0.25) is 4.79 Å².